The molecule has 7 heteroatoms. The van der Waals surface area contributed by atoms with E-state index in [0.29, 0.717) is 36.6 Å². The molecule has 0 aliphatic carbocycles. The van der Waals surface area contributed by atoms with E-state index in [9.17, 15) is 14.4 Å². The number of fused-ring (bicyclic) bond motifs is 1. The Hall–Kier alpha value is -2.41. The standard InChI is InChI=1S/C19H26N2O5/c1-5-6-15(22)13-7-8-16-14(11-13)21(18(24)19(2,3)26-16)12-17(23)20-9-10-25-4/h7-8,11H,5-6,9-10,12H2,1-4H3,(H,20,23). The van der Waals surface area contributed by atoms with E-state index in [2.05, 4.69) is 5.32 Å². The molecule has 0 saturated carbocycles. The second-order valence-corrected chi connectivity index (χ2v) is 6.70. The highest BCUT2D eigenvalue weighted by molar-refractivity contribution is 6.07. The fourth-order valence-electron chi connectivity index (χ4n) is 2.76. The van der Waals surface area contributed by atoms with Crippen LogP contribution in [0.25, 0.3) is 0 Å². The number of benzene rings is 1. The van der Waals surface area contributed by atoms with Crippen LogP contribution in [0.3, 0.4) is 0 Å². The number of hydrogen-bond acceptors (Lipinski definition) is 5. The molecule has 26 heavy (non-hydrogen) atoms. The molecule has 7 nitrogen and oxygen atoms in total. The van der Waals surface area contributed by atoms with Crippen LogP contribution >= 0.6 is 0 Å². The molecule has 0 unspecified atom stereocenters. The van der Waals surface area contributed by atoms with Gasteiger partial charge in [-0.1, -0.05) is 6.92 Å². The fourth-order valence-corrected chi connectivity index (χ4v) is 2.76. The zero-order chi connectivity index (χ0) is 19.3. The van der Waals surface area contributed by atoms with Gasteiger partial charge in [-0.15, -0.1) is 0 Å². The van der Waals surface area contributed by atoms with Gasteiger partial charge in [-0.05, 0) is 38.5 Å². The maximum absolute atomic E-state index is 12.8. The molecule has 1 heterocycles. The Morgan fingerprint density at radius 2 is 2.04 bits per heavy atom. The van der Waals surface area contributed by atoms with Crippen LogP contribution in [0, 0.1) is 0 Å². The predicted octanol–water partition coefficient (Wildman–Crippen LogP) is 1.94. The SMILES string of the molecule is CCCC(=O)c1ccc2c(c1)N(CC(=O)NCCOC)C(=O)C(C)(C)O2. The summed E-state index contributed by atoms with van der Waals surface area (Å²) in [6.07, 6.45) is 1.17. The van der Waals surface area contributed by atoms with Crippen molar-refractivity contribution in [3.8, 4) is 5.75 Å². The third-order valence-electron chi connectivity index (χ3n) is 4.10. The summed E-state index contributed by atoms with van der Waals surface area (Å²) >= 11 is 0. The number of ether oxygens (including phenoxy) is 2. The van der Waals surface area contributed by atoms with Gasteiger partial charge in [-0.3, -0.25) is 19.3 Å². The summed E-state index contributed by atoms with van der Waals surface area (Å²) in [6.45, 7) is 5.85. The fraction of sp³-hybridized carbons (Fsp3) is 0.526. The van der Waals surface area contributed by atoms with E-state index >= 15 is 0 Å². The Morgan fingerprint density at radius 1 is 1.31 bits per heavy atom. The average molecular weight is 362 g/mol. The number of nitrogens with zero attached hydrogens (tertiary/aromatic N) is 1. The number of Topliss-reactive ketones (excluding diaryl/α,β-unsaturated/α-hetero) is 1. The van der Waals surface area contributed by atoms with Crippen molar-refractivity contribution in [3.05, 3.63) is 23.8 Å². The van der Waals surface area contributed by atoms with Gasteiger partial charge < -0.3 is 14.8 Å². The number of carbonyl (C=O) groups excluding carboxylic acids is 3. The van der Waals surface area contributed by atoms with Crippen LogP contribution in [0.2, 0.25) is 0 Å². The van der Waals surface area contributed by atoms with Crippen molar-refractivity contribution in [1.29, 1.82) is 0 Å². The summed E-state index contributed by atoms with van der Waals surface area (Å²) in [5, 5.41) is 2.70. The summed E-state index contributed by atoms with van der Waals surface area (Å²) < 4.78 is 10.7. The molecule has 1 aliphatic rings. The van der Waals surface area contributed by atoms with E-state index in [1.54, 1.807) is 39.2 Å². The zero-order valence-corrected chi connectivity index (χ0v) is 15.8. The summed E-state index contributed by atoms with van der Waals surface area (Å²) in [6, 6.07) is 5.00. The van der Waals surface area contributed by atoms with Crippen molar-refractivity contribution in [2.45, 2.75) is 39.2 Å². The van der Waals surface area contributed by atoms with Gasteiger partial charge in [0.25, 0.3) is 5.91 Å². The van der Waals surface area contributed by atoms with Crippen LogP contribution in [-0.4, -0.2) is 50.0 Å². The van der Waals surface area contributed by atoms with Crippen molar-refractivity contribution in [1.82, 2.24) is 5.32 Å². The highest BCUT2D eigenvalue weighted by Gasteiger charge is 2.41. The molecule has 1 aliphatic heterocycles. The van der Waals surface area contributed by atoms with Gasteiger partial charge in [-0.25, -0.2) is 0 Å². The van der Waals surface area contributed by atoms with Crippen LogP contribution < -0.4 is 15.0 Å². The van der Waals surface area contributed by atoms with Crippen LogP contribution in [-0.2, 0) is 14.3 Å². The first kappa shape index (κ1) is 19.9. The Kier molecular flexibility index (Phi) is 6.37. The minimum absolute atomic E-state index is 0.00270. The molecule has 2 amide bonds. The minimum Gasteiger partial charge on any atom is -0.476 e. The number of hydrogen-bond donors (Lipinski definition) is 1. The van der Waals surface area contributed by atoms with E-state index in [4.69, 9.17) is 9.47 Å². The van der Waals surface area contributed by atoms with E-state index in [-0.39, 0.29) is 24.1 Å². The summed E-state index contributed by atoms with van der Waals surface area (Å²) in [5.41, 5.74) is -0.140. The molecule has 0 atom stereocenters. The number of carbonyl (C=O) groups is 3. The topological polar surface area (TPSA) is 84.9 Å². The van der Waals surface area contributed by atoms with Crippen molar-refractivity contribution < 1.29 is 23.9 Å². The summed E-state index contributed by atoms with van der Waals surface area (Å²) in [4.78, 5) is 38.6. The monoisotopic (exact) mass is 362 g/mol. The van der Waals surface area contributed by atoms with Crippen LogP contribution in [0.1, 0.15) is 44.0 Å². The predicted molar refractivity (Wildman–Crippen MR) is 97.6 cm³/mol. The molecular weight excluding hydrogens is 336 g/mol. The third kappa shape index (κ3) is 4.40. The smallest absolute Gasteiger partial charge is 0.271 e. The maximum atomic E-state index is 12.8. The Balaban J connectivity index is 2.31. The van der Waals surface area contributed by atoms with Gasteiger partial charge >= 0.3 is 0 Å². The molecule has 0 bridgehead atoms. The second-order valence-electron chi connectivity index (χ2n) is 6.70. The minimum atomic E-state index is -1.09. The Labute approximate surface area is 153 Å². The summed E-state index contributed by atoms with van der Waals surface area (Å²) in [5.74, 6) is -0.152. The van der Waals surface area contributed by atoms with Gasteiger partial charge in [0.05, 0.1) is 12.3 Å². The first-order valence-electron chi connectivity index (χ1n) is 8.74. The molecule has 0 radical (unpaired) electrons. The molecule has 0 fully saturated rings. The van der Waals surface area contributed by atoms with Crippen LogP contribution in [0.4, 0.5) is 5.69 Å². The normalized spacial score (nSPS) is 15.2. The highest BCUT2D eigenvalue weighted by Crippen LogP contribution is 2.38. The highest BCUT2D eigenvalue weighted by atomic mass is 16.5. The number of amides is 2. The lowest BCUT2D eigenvalue weighted by atomic mass is 10.0. The van der Waals surface area contributed by atoms with Gasteiger partial charge in [-0.2, -0.15) is 0 Å². The molecule has 1 aromatic rings. The molecule has 1 N–H and O–H groups in total. The van der Waals surface area contributed by atoms with E-state index < -0.39 is 5.60 Å². The van der Waals surface area contributed by atoms with Crippen molar-refractivity contribution in [2.75, 3.05) is 31.7 Å². The second kappa shape index (κ2) is 8.31. The largest absolute Gasteiger partial charge is 0.476 e. The van der Waals surface area contributed by atoms with Crippen LogP contribution in [0.5, 0.6) is 5.75 Å². The van der Waals surface area contributed by atoms with Gasteiger partial charge in [0.15, 0.2) is 11.4 Å². The van der Waals surface area contributed by atoms with Crippen molar-refractivity contribution >= 4 is 23.3 Å². The van der Waals surface area contributed by atoms with E-state index in [0.717, 1.165) is 6.42 Å². The van der Waals surface area contributed by atoms with E-state index in [1.807, 2.05) is 6.92 Å². The lowest BCUT2D eigenvalue weighted by Crippen LogP contribution is -2.55. The Morgan fingerprint density at radius 3 is 2.69 bits per heavy atom. The van der Waals surface area contributed by atoms with E-state index in [1.165, 1.54) is 4.90 Å². The number of rotatable bonds is 8. The molecule has 0 saturated heterocycles. The third-order valence-corrected chi connectivity index (χ3v) is 4.10. The zero-order valence-electron chi connectivity index (χ0n) is 15.8. The van der Waals surface area contributed by atoms with Crippen LogP contribution in [0.15, 0.2) is 18.2 Å². The number of anilines is 1. The van der Waals surface area contributed by atoms with Gasteiger partial charge in [0.2, 0.25) is 5.91 Å². The summed E-state index contributed by atoms with van der Waals surface area (Å²) in [7, 11) is 1.55. The lowest BCUT2D eigenvalue weighted by Gasteiger charge is -2.38. The van der Waals surface area contributed by atoms with Gasteiger partial charge in [0, 0.05) is 25.6 Å². The average Bonchev–Trinajstić information content (AvgIpc) is 2.59. The molecule has 142 valence electrons. The molecule has 0 spiro atoms. The molecular formula is C19H26N2O5. The molecule has 0 aromatic heterocycles. The molecule has 1 aromatic carbocycles. The maximum Gasteiger partial charge on any atom is 0.271 e. The van der Waals surface area contributed by atoms with Crippen molar-refractivity contribution in [3.63, 3.8) is 0 Å². The Bertz CT molecular complexity index is 699. The quantitative estimate of drug-likeness (QED) is 0.564. The molecule has 2 rings (SSSR count). The lowest BCUT2D eigenvalue weighted by molar-refractivity contribution is -0.134. The number of nitrogens with one attached hydrogen (secondary N) is 1. The van der Waals surface area contributed by atoms with Crippen molar-refractivity contribution in [2.24, 2.45) is 0 Å². The van der Waals surface area contributed by atoms with Gasteiger partial charge in [0.1, 0.15) is 12.3 Å². The number of methoxy groups -OCH3 is 1. The first-order chi connectivity index (χ1) is 12.3. The number of ketones is 1. The first-order valence-corrected chi connectivity index (χ1v) is 8.74.